The van der Waals surface area contributed by atoms with Crippen molar-refractivity contribution >= 4 is 11.0 Å². The van der Waals surface area contributed by atoms with Gasteiger partial charge in [0.25, 0.3) is 0 Å². The highest BCUT2D eigenvalue weighted by Gasteiger charge is 2.34. The van der Waals surface area contributed by atoms with Gasteiger partial charge in [0, 0.05) is 32.2 Å². The quantitative estimate of drug-likeness (QED) is 0.779. The molecule has 0 radical (unpaired) electrons. The number of nitrogens with one attached hydrogen (secondary N) is 2. The van der Waals surface area contributed by atoms with E-state index in [1.54, 1.807) is 0 Å². The number of aromatic amines is 1. The predicted octanol–water partition coefficient (Wildman–Crippen LogP) is 0.691. The summed E-state index contributed by atoms with van der Waals surface area (Å²) in [5, 5.41) is 13.7. The van der Waals surface area contributed by atoms with E-state index in [0.29, 0.717) is 6.54 Å². The van der Waals surface area contributed by atoms with Gasteiger partial charge < -0.3 is 20.3 Å². The first kappa shape index (κ1) is 14.9. The van der Waals surface area contributed by atoms with Crippen molar-refractivity contribution in [3.05, 3.63) is 34.7 Å². The molecule has 6 nitrogen and oxygen atoms in total. The number of aliphatic hydroxyl groups is 1. The molecule has 0 aliphatic carbocycles. The molecule has 6 heteroatoms. The zero-order valence-corrected chi connectivity index (χ0v) is 13.3. The van der Waals surface area contributed by atoms with E-state index in [9.17, 15) is 9.90 Å². The average molecular weight is 316 g/mol. The van der Waals surface area contributed by atoms with Crippen molar-refractivity contribution in [2.75, 3.05) is 32.7 Å². The number of likely N-dealkylation sites (tertiary alicyclic amines) is 1. The molecule has 1 aromatic heterocycles. The van der Waals surface area contributed by atoms with Crippen molar-refractivity contribution in [2.24, 2.45) is 0 Å². The van der Waals surface area contributed by atoms with E-state index in [4.69, 9.17) is 0 Å². The Bertz CT molecular complexity index is 736. The fourth-order valence-corrected chi connectivity index (χ4v) is 4.05. The minimum Gasteiger partial charge on any atom is -0.387 e. The van der Waals surface area contributed by atoms with Gasteiger partial charge in [-0.3, -0.25) is 4.57 Å². The standard InChI is InChI=1S/C17H24N4O2/c22-16-19-14-3-1-2-4-15(14)21(16)13-5-9-20(10-6-13)12-17(23)7-8-18-11-17/h1-4,13,18,23H,5-12H2,(H,19,22). The summed E-state index contributed by atoms with van der Waals surface area (Å²) in [6.07, 6.45) is 2.73. The summed E-state index contributed by atoms with van der Waals surface area (Å²) < 4.78 is 1.92. The predicted molar refractivity (Wildman–Crippen MR) is 89.7 cm³/mol. The molecule has 1 aromatic carbocycles. The largest absolute Gasteiger partial charge is 0.387 e. The number of imidazole rings is 1. The lowest BCUT2D eigenvalue weighted by Crippen LogP contribution is -2.47. The SMILES string of the molecule is O=c1[nH]c2ccccc2n1C1CCN(CC2(O)CCNC2)CC1. The fraction of sp³-hybridized carbons (Fsp3) is 0.588. The molecule has 3 N–H and O–H groups in total. The highest BCUT2D eigenvalue weighted by atomic mass is 16.3. The number of aromatic nitrogens is 2. The fourth-order valence-electron chi connectivity index (χ4n) is 4.05. The maximum absolute atomic E-state index is 12.3. The lowest BCUT2D eigenvalue weighted by molar-refractivity contribution is 0.0113. The van der Waals surface area contributed by atoms with E-state index in [0.717, 1.165) is 56.5 Å². The van der Waals surface area contributed by atoms with Crippen LogP contribution in [0.4, 0.5) is 0 Å². The zero-order valence-electron chi connectivity index (χ0n) is 13.3. The second-order valence-corrected chi connectivity index (χ2v) is 6.98. The lowest BCUT2D eigenvalue weighted by atomic mass is 9.99. The first-order chi connectivity index (χ1) is 11.1. The third-order valence-electron chi connectivity index (χ3n) is 5.29. The van der Waals surface area contributed by atoms with Gasteiger partial charge in [-0.15, -0.1) is 0 Å². The molecule has 4 rings (SSSR count). The van der Waals surface area contributed by atoms with Crippen LogP contribution >= 0.6 is 0 Å². The maximum Gasteiger partial charge on any atom is 0.326 e. The van der Waals surface area contributed by atoms with Gasteiger partial charge in [0.05, 0.1) is 16.6 Å². The van der Waals surface area contributed by atoms with Crippen LogP contribution in [0.1, 0.15) is 25.3 Å². The van der Waals surface area contributed by atoms with Gasteiger partial charge in [-0.2, -0.15) is 0 Å². The van der Waals surface area contributed by atoms with E-state index in [2.05, 4.69) is 15.2 Å². The molecule has 23 heavy (non-hydrogen) atoms. The van der Waals surface area contributed by atoms with Crippen LogP contribution < -0.4 is 11.0 Å². The molecule has 0 spiro atoms. The van der Waals surface area contributed by atoms with Crippen molar-refractivity contribution in [3.8, 4) is 0 Å². The number of para-hydroxylation sites is 2. The molecule has 2 aliphatic rings. The van der Waals surface area contributed by atoms with Gasteiger partial charge in [0.2, 0.25) is 0 Å². The number of benzene rings is 1. The molecule has 2 aromatic rings. The van der Waals surface area contributed by atoms with Crippen LogP contribution in [0.15, 0.2) is 29.1 Å². The minimum absolute atomic E-state index is 0.0109. The monoisotopic (exact) mass is 316 g/mol. The number of nitrogens with zero attached hydrogens (tertiary/aromatic N) is 2. The van der Waals surface area contributed by atoms with Crippen molar-refractivity contribution in [1.82, 2.24) is 19.8 Å². The van der Waals surface area contributed by atoms with Crippen LogP contribution in [0.25, 0.3) is 11.0 Å². The molecule has 124 valence electrons. The Morgan fingerprint density at radius 3 is 2.78 bits per heavy atom. The Morgan fingerprint density at radius 2 is 2.04 bits per heavy atom. The van der Waals surface area contributed by atoms with Crippen LogP contribution in [-0.4, -0.2) is 57.9 Å². The summed E-state index contributed by atoms with van der Waals surface area (Å²) in [6, 6.07) is 8.12. The Labute approximate surface area is 135 Å². The number of piperidine rings is 1. The smallest absolute Gasteiger partial charge is 0.326 e. The van der Waals surface area contributed by atoms with Gasteiger partial charge in [-0.25, -0.2) is 4.79 Å². The van der Waals surface area contributed by atoms with E-state index in [1.165, 1.54) is 0 Å². The van der Waals surface area contributed by atoms with E-state index in [1.807, 2.05) is 28.8 Å². The van der Waals surface area contributed by atoms with Gasteiger partial charge in [-0.05, 0) is 37.9 Å². The molecule has 0 saturated carbocycles. The van der Waals surface area contributed by atoms with Gasteiger partial charge in [0.1, 0.15) is 0 Å². The lowest BCUT2D eigenvalue weighted by Gasteiger charge is -2.36. The van der Waals surface area contributed by atoms with Crippen LogP contribution in [0.5, 0.6) is 0 Å². The second kappa shape index (κ2) is 5.78. The second-order valence-electron chi connectivity index (χ2n) is 6.98. The summed E-state index contributed by atoms with van der Waals surface area (Å²) in [6.45, 7) is 4.18. The van der Waals surface area contributed by atoms with Gasteiger partial charge in [0.15, 0.2) is 0 Å². The molecule has 2 aliphatic heterocycles. The third kappa shape index (κ3) is 2.82. The minimum atomic E-state index is -0.579. The van der Waals surface area contributed by atoms with E-state index in [-0.39, 0.29) is 11.7 Å². The summed E-state index contributed by atoms with van der Waals surface area (Å²) in [7, 11) is 0. The van der Waals surface area contributed by atoms with Gasteiger partial charge in [-0.1, -0.05) is 12.1 Å². The Hall–Kier alpha value is -1.63. The summed E-state index contributed by atoms with van der Waals surface area (Å²) >= 11 is 0. The number of fused-ring (bicyclic) bond motifs is 1. The van der Waals surface area contributed by atoms with Crippen molar-refractivity contribution in [3.63, 3.8) is 0 Å². The number of H-pyrrole nitrogens is 1. The number of β-amino-alcohol motifs (C(OH)–C–C–N with tert-alkyl or cyclic N) is 1. The number of hydrogen-bond donors (Lipinski definition) is 3. The molecule has 0 bridgehead atoms. The zero-order chi connectivity index (χ0) is 15.9. The Balaban J connectivity index is 1.47. The van der Waals surface area contributed by atoms with E-state index < -0.39 is 5.60 Å². The van der Waals surface area contributed by atoms with Crippen molar-refractivity contribution in [2.45, 2.75) is 30.9 Å². The number of hydrogen-bond acceptors (Lipinski definition) is 4. The molecule has 0 amide bonds. The molecule has 1 atom stereocenters. The molecular weight excluding hydrogens is 292 g/mol. The molecule has 3 heterocycles. The van der Waals surface area contributed by atoms with Crippen LogP contribution in [0.3, 0.4) is 0 Å². The van der Waals surface area contributed by atoms with Crippen LogP contribution in [-0.2, 0) is 0 Å². The van der Waals surface area contributed by atoms with Crippen molar-refractivity contribution < 1.29 is 5.11 Å². The van der Waals surface area contributed by atoms with Crippen LogP contribution in [0.2, 0.25) is 0 Å². The molecule has 2 fully saturated rings. The first-order valence-electron chi connectivity index (χ1n) is 8.49. The Morgan fingerprint density at radius 1 is 1.26 bits per heavy atom. The summed E-state index contributed by atoms with van der Waals surface area (Å²) in [4.78, 5) is 17.6. The maximum atomic E-state index is 12.3. The van der Waals surface area contributed by atoms with Crippen LogP contribution in [0, 0.1) is 0 Å². The Kier molecular flexibility index (Phi) is 3.75. The van der Waals surface area contributed by atoms with Crippen molar-refractivity contribution in [1.29, 1.82) is 0 Å². The molecule has 1 unspecified atom stereocenters. The highest BCUT2D eigenvalue weighted by Crippen LogP contribution is 2.26. The third-order valence-corrected chi connectivity index (χ3v) is 5.29. The topological polar surface area (TPSA) is 73.3 Å². The average Bonchev–Trinajstić information content (AvgIpc) is 3.11. The molecular formula is C17H24N4O2. The number of rotatable bonds is 3. The normalized spacial score (nSPS) is 27.0. The summed E-state index contributed by atoms with van der Waals surface area (Å²) in [5.41, 5.74) is 1.31. The van der Waals surface area contributed by atoms with Gasteiger partial charge >= 0.3 is 5.69 Å². The summed E-state index contributed by atoms with van der Waals surface area (Å²) in [5.74, 6) is 0. The molecule has 2 saturated heterocycles. The van der Waals surface area contributed by atoms with E-state index >= 15 is 0 Å². The first-order valence-corrected chi connectivity index (χ1v) is 8.49. The highest BCUT2D eigenvalue weighted by molar-refractivity contribution is 5.75.